The number of halogens is 2. The second kappa shape index (κ2) is 6.23. The van der Waals surface area contributed by atoms with Gasteiger partial charge in [0.25, 0.3) is 10.0 Å². The number of hydrogen-bond acceptors (Lipinski definition) is 3. The molecule has 0 bridgehead atoms. The first kappa shape index (κ1) is 16.1. The molecule has 21 heavy (non-hydrogen) atoms. The van der Waals surface area contributed by atoms with Gasteiger partial charge in [-0.25, -0.2) is 8.42 Å². The van der Waals surface area contributed by atoms with E-state index in [2.05, 4.69) is 4.72 Å². The zero-order valence-corrected chi connectivity index (χ0v) is 13.4. The topological polar surface area (TPSA) is 66.4 Å². The van der Waals surface area contributed by atoms with Crippen LogP contribution in [-0.4, -0.2) is 13.5 Å². The van der Waals surface area contributed by atoms with Crippen LogP contribution in [0.5, 0.6) is 0 Å². The lowest BCUT2D eigenvalue weighted by atomic mass is 10.1. The highest BCUT2D eigenvalue weighted by Gasteiger charge is 2.18. The molecule has 2 N–H and O–H groups in total. The van der Waals surface area contributed by atoms with Crippen molar-refractivity contribution in [2.24, 2.45) is 0 Å². The average molecular weight is 346 g/mol. The number of sulfonamides is 1. The Morgan fingerprint density at radius 2 is 1.76 bits per heavy atom. The molecule has 0 amide bonds. The summed E-state index contributed by atoms with van der Waals surface area (Å²) >= 11 is 11.6. The van der Waals surface area contributed by atoms with Crippen LogP contribution < -0.4 is 4.72 Å². The van der Waals surface area contributed by atoms with Crippen molar-refractivity contribution in [3.63, 3.8) is 0 Å². The van der Waals surface area contributed by atoms with Gasteiger partial charge in [-0.15, -0.1) is 0 Å². The normalized spacial score (nSPS) is 13.0. The predicted molar refractivity (Wildman–Crippen MR) is 84.3 cm³/mol. The van der Waals surface area contributed by atoms with Crippen LogP contribution in [0, 0.1) is 0 Å². The van der Waals surface area contributed by atoms with Gasteiger partial charge in [-0.1, -0.05) is 41.4 Å². The molecule has 0 aliphatic carbocycles. The van der Waals surface area contributed by atoms with Crippen molar-refractivity contribution < 1.29 is 13.5 Å². The van der Waals surface area contributed by atoms with Crippen LogP contribution in [0.3, 0.4) is 0 Å². The third-order valence-electron chi connectivity index (χ3n) is 2.86. The van der Waals surface area contributed by atoms with Crippen molar-refractivity contribution in [1.82, 2.24) is 0 Å². The highest BCUT2D eigenvalue weighted by atomic mass is 35.5. The third-order valence-corrected chi connectivity index (χ3v) is 4.96. The summed E-state index contributed by atoms with van der Waals surface area (Å²) in [6.45, 7) is 1.56. The monoisotopic (exact) mass is 345 g/mol. The molecule has 2 aromatic rings. The van der Waals surface area contributed by atoms with Gasteiger partial charge in [0.15, 0.2) is 0 Å². The van der Waals surface area contributed by atoms with Gasteiger partial charge < -0.3 is 5.11 Å². The van der Waals surface area contributed by atoms with E-state index in [1.807, 2.05) is 0 Å². The molecule has 0 saturated heterocycles. The van der Waals surface area contributed by atoms with Crippen LogP contribution in [0.25, 0.3) is 0 Å². The van der Waals surface area contributed by atoms with E-state index in [9.17, 15) is 13.5 Å². The molecule has 0 radical (unpaired) electrons. The van der Waals surface area contributed by atoms with Gasteiger partial charge in [0, 0.05) is 5.56 Å². The molecule has 112 valence electrons. The Hall–Kier alpha value is -1.27. The average Bonchev–Trinajstić information content (AvgIpc) is 2.41. The minimum absolute atomic E-state index is 0.00250. The molecule has 7 heteroatoms. The molecular formula is C14H13Cl2NO3S. The molecule has 0 aromatic heterocycles. The Morgan fingerprint density at radius 1 is 1.10 bits per heavy atom. The van der Waals surface area contributed by atoms with Crippen LogP contribution >= 0.6 is 23.2 Å². The van der Waals surface area contributed by atoms with Crippen molar-refractivity contribution in [3.05, 3.63) is 58.1 Å². The summed E-state index contributed by atoms with van der Waals surface area (Å²) in [5.74, 6) is 0. The van der Waals surface area contributed by atoms with Gasteiger partial charge in [-0.05, 0) is 31.2 Å². The predicted octanol–water partition coefficient (Wildman–Crippen LogP) is 3.85. The Balaban J connectivity index is 2.40. The van der Waals surface area contributed by atoms with Gasteiger partial charge in [-0.2, -0.15) is 0 Å². The lowest BCUT2D eigenvalue weighted by Gasteiger charge is -2.14. The van der Waals surface area contributed by atoms with Gasteiger partial charge in [-0.3, -0.25) is 4.72 Å². The summed E-state index contributed by atoms with van der Waals surface area (Å²) < 4.78 is 27.1. The lowest BCUT2D eigenvalue weighted by molar-refractivity contribution is 0.200. The van der Waals surface area contributed by atoms with Gasteiger partial charge in [0.05, 0.1) is 26.7 Å². The minimum atomic E-state index is -3.81. The molecule has 1 unspecified atom stereocenters. The molecule has 0 aliphatic heterocycles. The molecule has 0 fully saturated rings. The van der Waals surface area contributed by atoms with E-state index in [0.717, 1.165) is 0 Å². The number of hydrogen-bond donors (Lipinski definition) is 2. The molecular weight excluding hydrogens is 333 g/mol. The molecule has 2 aromatic carbocycles. The molecule has 0 heterocycles. The molecule has 0 saturated carbocycles. The van der Waals surface area contributed by atoms with Crippen molar-refractivity contribution in [2.75, 3.05) is 4.72 Å². The van der Waals surface area contributed by atoms with Crippen LogP contribution in [0.1, 0.15) is 18.6 Å². The summed E-state index contributed by atoms with van der Waals surface area (Å²) in [5.41, 5.74) is 0.805. The fourth-order valence-corrected chi connectivity index (χ4v) is 3.28. The van der Waals surface area contributed by atoms with Gasteiger partial charge >= 0.3 is 0 Å². The van der Waals surface area contributed by atoms with E-state index >= 15 is 0 Å². The standard InChI is InChI=1S/C14H13Cl2NO3S/c1-9(18)11-4-2-3-5-14(11)17-21(19,20)10-6-7-12(15)13(16)8-10/h2-9,17-18H,1H3. The molecule has 4 nitrogen and oxygen atoms in total. The maximum atomic E-state index is 12.3. The fraction of sp³-hybridized carbons (Fsp3) is 0.143. The number of benzene rings is 2. The number of anilines is 1. The highest BCUT2D eigenvalue weighted by molar-refractivity contribution is 7.92. The zero-order valence-electron chi connectivity index (χ0n) is 11.0. The number of aliphatic hydroxyl groups excluding tert-OH is 1. The van der Waals surface area contributed by atoms with Gasteiger partial charge in [0.2, 0.25) is 0 Å². The minimum Gasteiger partial charge on any atom is -0.389 e. The van der Waals surface area contributed by atoms with Crippen molar-refractivity contribution in [2.45, 2.75) is 17.9 Å². The Labute approximate surface area is 133 Å². The zero-order chi connectivity index (χ0) is 15.6. The summed E-state index contributed by atoms with van der Waals surface area (Å²) in [4.78, 5) is -0.00250. The van der Waals surface area contributed by atoms with E-state index in [4.69, 9.17) is 23.2 Å². The summed E-state index contributed by atoms with van der Waals surface area (Å²) in [6.07, 6.45) is -0.794. The maximum Gasteiger partial charge on any atom is 0.261 e. The SMILES string of the molecule is CC(O)c1ccccc1NS(=O)(=O)c1ccc(Cl)c(Cl)c1. The van der Waals surface area contributed by atoms with E-state index in [1.54, 1.807) is 31.2 Å². The summed E-state index contributed by atoms with van der Waals surface area (Å²) in [6, 6.07) is 10.7. The first-order valence-corrected chi connectivity index (χ1v) is 8.30. The largest absolute Gasteiger partial charge is 0.389 e. The summed E-state index contributed by atoms with van der Waals surface area (Å²) in [5, 5.41) is 10.1. The van der Waals surface area contributed by atoms with Crippen molar-refractivity contribution in [3.8, 4) is 0 Å². The first-order valence-electron chi connectivity index (χ1n) is 6.06. The number of para-hydroxylation sites is 1. The second-order valence-corrected chi connectivity index (χ2v) is 6.94. The van der Waals surface area contributed by atoms with Crippen LogP contribution in [0.2, 0.25) is 10.0 Å². The Kier molecular flexibility index (Phi) is 4.78. The van der Waals surface area contributed by atoms with Crippen molar-refractivity contribution in [1.29, 1.82) is 0 Å². The molecule has 0 aliphatic rings. The van der Waals surface area contributed by atoms with Crippen LogP contribution in [0.4, 0.5) is 5.69 Å². The molecule has 0 spiro atoms. The van der Waals surface area contributed by atoms with Gasteiger partial charge in [0.1, 0.15) is 0 Å². The number of aliphatic hydroxyl groups is 1. The quantitative estimate of drug-likeness (QED) is 0.884. The van der Waals surface area contributed by atoms with E-state index < -0.39 is 16.1 Å². The number of nitrogens with one attached hydrogen (secondary N) is 1. The number of rotatable bonds is 4. The Bertz CT molecular complexity index is 761. The van der Waals surface area contributed by atoms with Crippen molar-refractivity contribution >= 4 is 38.9 Å². The van der Waals surface area contributed by atoms with E-state index in [-0.39, 0.29) is 14.9 Å². The molecule has 2 rings (SSSR count). The first-order chi connectivity index (χ1) is 9.81. The third kappa shape index (κ3) is 3.68. The Morgan fingerprint density at radius 3 is 2.38 bits per heavy atom. The fourth-order valence-electron chi connectivity index (χ4n) is 1.80. The maximum absolute atomic E-state index is 12.3. The van der Waals surface area contributed by atoms with Crippen LogP contribution in [0.15, 0.2) is 47.4 Å². The lowest BCUT2D eigenvalue weighted by Crippen LogP contribution is -2.14. The summed E-state index contributed by atoms with van der Waals surface area (Å²) in [7, 11) is -3.81. The van der Waals surface area contributed by atoms with E-state index in [1.165, 1.54) is 18.2 Å². The smallest absolute Gasteiger partial charge is 0.261 e. The van der Waals surface area contributed by atoms with E-state index in [0.29, 0.717) is 11.3 Å². The van der Waals surface area contributed by atoms with Crippen LogP contribution in [-0.2, 0) is 10.0 Å². The highest BCUT2D eigenvalue weighted by Crippen LogP contribution is 2.28. The second-order valence-electron chi connectivity index (χ2n) is 4.44. The molecule has 1 atom stereocenters.